The molecule has 2 atom stereocenters. The lowest BCUT2D eigenvalue weighted by atomic mass is 10.1. The van der Waals surface area contributed by atoms with Crippen LogP contribution in [0.5, 0.6) is 11.5 Å². The van der Waals surface area contributed by atoms with Crippen LogP contribution >= 0.6 is 0 Å². The fourth-order valence-corrected chi connectivity index (χ4v) is 2.39. The van der Waals surface area contributed by atoms with Crippen molar-refractivity contribution in [3.8, 4) is 11.5 Å². The molecule has 0 spiro atoms. The number of ether oxygens (including phenoxy) is 2. The van der Waals surface area contributed by atoms with Gasteiger partial charge in [-0.15, -0.1) is 0 Å². The van der Waals surface area contributed by atoms with Crippen molar-refractivity contribution in [2.45, 2.75) is 25.9 Å². The normalized spacial score (nSPS) is 16.7. The molecule has 0 saturated carbocycles. The smallest absolute Gasteiger partial charge is 0.161 e. The van der Waals surface area contributed by atoms with E-state index in [-0.39, 0.29) is 12.1 Å². The second kappa shape index (κ2) is 5.54. The first-order chi connectivity index (χ1) is 9.74. The minimum absolute atomic E-state index is 0.160. The van der Waals surface area contributed by atoms with Crippen molar-refractivity contribution in [2.75, 3.05) is 13.2 Å². The fourth-order valence-electron chi connectivity index (χ4n) is 2.39. The van der Waals surface area contributed by atoms with Crippen molar-refractivity contribution in [3.63, 3.8) is 0 Å². The van der Waals surface area contributed by atoms with E-state index < -0.39 is 0 Å². The average Bonchev–Trinajstić information content (AvgIpc) is 3.01. The van der Waals surface area contributed by atoms with Gasteiger partial charge in [-0.2, -0.15) is 0 Å². The highest BCUT2D eigenvalue weighted by molar-refractivity contribution is 5.44. The van der Waals surface area contributed by atoms with Gasteiger partial charge in [-0.05, 0) is 31.5 Å². The van der Waals surface area contributed by atoms with E-state index in [2.05, 4.69) is 35.2 Å². The fraction of sp³-hybridized carbons (Fsp3) is 0.400. The first-order valence-corrected chi connectivity index (χ1v) is 6.89. The Bertz CT molecular complexity index is 569. The molecule has 2 heterocycles. The average molecular weight is 273 g/mol. The number of nitrogens with one attached hydrogen (secondary N) is 2. The second-order valence-corrected chi connectivity index (χ2v) is 4.99. The Morgan fingerprint density at radius 2 is 1.95 bits per heavy atom. The molecule has 0 radical (unpaired) electrons. The molecule has 0 fully saturated rings. The van der Waals surface area contributed by atoms with Crippen LogP contribution in [-0.2, 0) is 0 Å². The zero-order valence-electron chi connectivity index (χ0n) is 11.7. The van der Waals surface area contributed by atoms with Gasteiger partial charge in [0, 0.05) is 18.4 Å². The molecule has 1 aliphatic heterocycles. The number of hydrogen-bond acceptors (Lipinski definition) is 4. The molecule has 0 saturated heterocycles. The summed E-state index contributed by atoms with van der Waals surface area (Å²) in [6.45, 7) is 5.45. The molecule has 0 bridgehead atoms. The van der Waals surface area contributed by atoms with Gasteiger partial charge in [0.1, 0.15) is 19.0 Å². The molecule has 2 unspecified atom stereocenters. The quantitative estimate of drug-likeness (QED) is 0.899. The molecule has 2 N–H and O–H groups in total. The van der Waals surface area contributed by atoms with Gasteiger partial charge >= 0.3 is 0 Å². The van der Waals surface area contributed by atoms with Gasteiger partial charge in [0.05, 0.1) is 6.04 Å². The first kappa shape index (κ1) is 13.0. The van der Waals surface area contributed by atoms with Crippen molar-refractivity contribution >= 4 is 0 Å². The molecule has 1 aromatic heterocycles. The number of H-pyrrole nitrogens is 1. The highest BCUT2D eigenvalue weighted by Crippen LogP contribution is 2.32. The van der Waals surface area contributed by atoms with Crippen LogP contribution < -0.4 is 14.8 Å². The zero-order valence-corrected chi connectivity index (χ0v) is 11.7. The van der Waals surface area contributed by atoms with Crippen molar-refractivity contribution in [1.82, 2.24) is 15.3 Å². The number of rotatable bonds is 4. The van der Waals surface area contributed by atoms with Crippen LogP contribution in [0.3, 0.4) is 0 Å². The predicted octanol–water partition coefficient (Wildman–Crippen LogP) is 2.59. The monoisotopic (exact) mass is 273 g/mol. The standard InChI is InChI=1S/C15H19N3O2/c1-10(18-11(2)15-16-5-6-17-15)12-3-4-13-14(9-12)20-8-7-19-13/h3-6,9-11,18H,7-8H2,1-2H3,(H,16,17). The second-order valence-electron chi connectivity index (χ2n) is 4.99. The maximum absolute atomic E-state index is 5.62. The van der Waals surface area contributed by atoms with Crippen LogP contribution in [0.25, 0.3) is 0 Å². The number of imidazole rings is 1. The first-order valence-electron chi connectivity index (χ1n) is 6.89. The third-order valence-corrected chi connectivity index (χ3v) is 3.50. The van der Waals surface area contributed by atoms with E-state index in [9.17, 15) is 0 Å². The summed E-state index contributed by atoms with van der Waals surface area (Å²) in [4.78, 5) is 7.40. The molecule has 20 heavy (non-hydrogen) atoms. The SMILES string of the molecule is CC(NC(C)c1ncc[nH]1)c1ccc2c(c1)OCCO2. The highest BCUT2D eigenvalue weighted by atomic mass is 16.6. The topological polar surface area (TPSA) is 59.2 Å². The Kier molecular flexibility index (Phi) is 3.60. The Hall–Kier alpha value is -2.01. The Balaban J connectivity index is 1.72. The van der Waals surface area contributed by atoms with E-state index in [1.54, 1.807) is 6.20 Å². The zero-order chi connectivity index (χ0) is 13.9. The lowest BCUT2D eigenvalue weighted by Crippen LogP contribution is -2.23. The molecular weight excluding hydrogens is 254 g/mol. The van der Waals surface area contributed by atoms with Crippen LogP contribution in [0.4, 0.5) is 0 Å². The van der Waals surface area contributed by atoms with Gasteiger partial charge < -0.3 is 19.8 Å². The summed E-state index contributed by atoms with van der Waals surface area (Å²) in [6, 6.07) is 6.44. The minimum Gasteiger partial charge on any atom is -0.486 e. The Labute approximate surface area is 118 Å². The number of fused-ring (bicyclic) bond motifs is 1. The van der Waals surface area contributed by atoms with E-state index in [0.29, 0.717) is 13.2 Å². The van der Waals surface area contributed by atoms with Crippen molar-refractivity contribution in [1.29, 1.82) is 0 Å². The van der Waals surface area contributed by atoms with Crippen molar-refractivity contribution < 1.29 is 9.47 Å². The van der Waals surface area contributed by atoms with E-state index in [4.69, 9.17) is 9.47 Å². The highest BCUT2D eigenvalue weighted by Gasteiger charge is 2.16. The molecule has 0 aliphatic carbocycles. The third-order valence-electron chi connectivity index (χ3n) is 3.50. The summed E-state index contributed by atoms with van der Waals surface area (Å²) in [6.07, 6.45) is 3.60. The number of aromatic amines is 1. The van der Waals surface area contributed by atoms with Gasteiger partial charge in [0.2, 0.25) is 0 Å². The van der Waals surface area contributed by atoms with E-state index in [0.717, 1.165) is 17.3 Å². The summed E-state index contributed by atoms with van der Waals surface area (Å²) in [7, 11) is 0. The summed E-state index contributed by atoms with van der Waals surface area (Å²) >= 11 is 0. The number of nitrogens with zero attached hydrogens (tertiary/aromatic N) is 1. The van der Waals surface area contributed by atoms with Crippen molar-refractivity contribution in [2.24, 2.45) is 0 Å². The lowest BCUT2D eigenvalue weighted by Gasteiger charge is -2.22. The molecule has 106 valence electrons. The predicted molar refractivity (Wildman–Crippen MR) is 76.0 cm³/mol. The molecule has 0 amide bonds. The molecule has 5 nitrogen and oxygen atoms in total. The summed E-state index contributed by atoms with van der Waals surface area (Å²) in [5.41, 5.74) is 1.17. The van der Waals surface area contributed by atoms with Gasteiger partial charge in [-0.25, -0.2) is 4.98 Å². The summed E-state index contributed by atoms with van der Waals surface area (Å²) in [5.74, 6) is 2.59. The Morgan fingerprint density at radius 3 is 2.70 bits per heavy atom. The van der Waals surface area contributed by atoms with Crippen LogP contribution in [0.2, 0.25) is 0 Å². The molecule has 5 heteroatoms. The molecule has 2 aromatic rings. The van der Waals surface area contributed by atoms with E-state index >= 15 is 0 Å². The summed E-state index contributed by atoms with van der Waals surface area (Å²) < 4.78 is 11.2. The van der Waals surface area contributed by atoms with Gasteiger partial charge in [0.15, 0.2) is 11.5 Å². The molecule has 3 rings (SSSR count). The number of hydrogen-bond donors (Lipinski definition) is 2. The van der Waals surface area contributed by atoms with Gasteiger partial charge in [0.25, 0.3) is 0 Å². The van der Waals surface area contributed by atoms with Gasteiger partial charge in [-0.1, -0.05) is 6.07 Å². The third kappa shape index (κ3) is 2.63. The van der Waals surface area contributed by atoms with Crippen LogP contribution in [-0.4, -0.2) is 23.2 Å². The Morgan fingerprint density at radius 1 is 1.15 bits per heavy atom. The molecular formula is C15H19N3O2. The van der Waals surface area contributed by atoms with Gasteiger partial charge in [-0.3, -0.25) is 0 Å². The number of benzene rings is 1. The maximum Gasteiger partial charge on any atom is 0.161 e. The van der Waals surface area contributed by atoms with E-state index in [1.807, 2.05) is 18.3 Å². The van der Waals surface area contributed by atoms with Crippen molar-refractivity contribution in [3.05, 3.63) is 42.0 Å². The number of aromatic nitrogens is 2. The van der Waals surface area contributed by atoms with Crippen LogP contribution in [0.15, 0.2) is 30.6 Å². The minimum atomic E-state index is 0.160. The summed E-state index contributed by atoms with van der Waals surface area (Å²) in [5, 5.41) is 3.52. The molecule has 1 aromatic carbocycles. The maximum atomic E-state index is 5.62. The molecule has 1 aliphatic rings. The van der Waals surface area contributed by atoms with E-state index in [1.165, 1.54) is 5.56 Å². The lowest BCUT2D eigenvalue weighted by molar-refractivity contribution is 0.171. The van der Waals surface area contributed by atoms with Crippen LogP contribution in [0, 0.1) is 0 Å². The largest absolute Gasteiger partial charge is 0.486 e. The van der Waals surface area contributed by atoms with Crippen LogP contribution in [0.1, 0.15) is 37.3 Å².